The first-order valence-electron chi connectivity index (χ1n) is 8.47. The van der Waals surface area contributed by atoms with Crippen molar-refractivity contribution in [2.75, 3.05) is 39.4 Å². The molecule has 0 bridgehead atoms. The first-order chi connectivity index (χ1) is 11.7. The Labute approximate surface area is 147 Å². The minimum absolute atomic E-state index is 0.260. The van der Waals surface area contributed by atoms with Gasteiger partial charge in [0.1, 0.15) is 6.17 Å². The average Bonchev–Trinajstić information content (AvgIpc) is 2.94. The van der Waals surface area contributed by atoms with Gasteiger partial charge < -0.3 is 20.3 Å². The number of nitrogens with one attached hydrogen (secondary N) is 2. The topological polar surface area (TPSA) is 39.8 Å². The second-order valence-electron chi connectivity index (χ2n) is 6.48. The molecule has 3 aliphatic heterocycles. The molecule has 6 heteroatoms. The molecule has 3 aliphatic rings. The van der Waals surface area contributed by atoms with Gasteiger partial charge in [-0.1, -0.05) is 23.7 Å². The summed E-state index contributed by atoms with van der Waals surface area (Å²) in [6, 6.07) is 8.09. The van der Waals surface area contributed by atoms with Crippen molar-refractivity contribution in [2.24, 2.45) is 0 Å². The molecule has 2 N–H and O–H groups in total. The Morgan fingerprint density at radius 2 is 1.96 bits per heavy atom. The molecule has 0 radical (unpaired) electrons. The van der Waals surface area contributed by atoms with Crippen LogP contribution < -0.4 is 10.6 Å². The lowest BCUT2D eigenvalue weighted by atomic mass is 10.1. The maximum Gasteiger partial charge on any atom is 0.121 e. The number of fused-ring (bicyclic) bond motifs is 1. The van der Waals surface area contributed by atoms with Crippen LogP contribution in [0.25, 0.3) is 5.70 Å². The van der Waals surface area contributed by atoms with E-state index in [-0.39, 0.29) is 6.17 Å². The van der Waals surface area contributed by atoms with E-state index in [1.54, 1.807) is 0 Å². The van der Waals surface area contributed by atoms with Gasteiger partial charge in [-0.25, -0.2) is 0 Å². The maximum absolute atomic E-state index is 6.06. The summed E-state index contributed by atoms with van der Waals surface area (Å²) in [5, 5.41) is 7.89. The molecule has 128 valence electrons. The van der Waals surface area contributed by atoms with Gasteiger partial charge in [0.25, 0.3) is 0 Å². The summed E-state index contributed by atoms with van der Waals surface area (Å²) in [6.45, 7) is 7.53. The Hall–Kier alpha value is -1.69. The molecular weight excluding hydrogens is 324 g/mol. The van der Waals surface area contributed by atoms with Gasteiger partial charge >= 0.3 is 0 Å². The molecule has 0 aliphatic carbocycles. The van der Waals surface area contributed by atoms with E-state index in [1.165, 1.54) is 22.7 Å². The van der Waals surface area contributed by atoms with Crippen molar-refractivity contribution >= 4 is 17.3 Å². The molecule has 3 heterocycles. The summed E-state index contributed by atoms with van der Waals surface area (Å²) >= 11 is 6.06. The number of benzene rings is 1. The van der Waals surface area contributed by atoms with E-state index in [0.29, 0.717) is 0 Å². The molecule has 1 fully saturated rings. The molecule has 4 rings (SSSR count). The fourth-order valence-corrected chi connectivity index (χ4v) is 3.59. The van der Waals surface area contributed by atoms with Crippen molar-refractivity contribution in [1.29, 1.82) is 0 Å². The minimum atomic E-state index is 0.260. The van der Waals surface area contributed by atoms with Crippen LogP contribution in [0.4, 0.5) is 0 Å². The van der Waals surface area contributed by atoms with Gasteiger partial charge in [0, 0.05) is 36.6 Å². The van der Waals surface area contributed by atoms with Crippen molar-refractivity contribution in [3.05, 3.63) is 52.4 Å². The van der Waals surface area contributed by atoms with Crippen LogP contribution in [-0.4, -0.2) is 55.4 Å². The van der Waals surface area contributed by atoms with E-state index in [2.05, 4.69) is 45.7 Å². The monoisotopic (exact) mass is 346 g/mol. The number of nitrogens with zero attached hydrogens (tertiary/aromatic N) is 2. The predicted molar refractivity (Wildman–Crippen MR) is 96.2 cm³/mol. The first kappa shape index (κ1) is 15.8. The zero-order valence-corrected chi connectivity index (χ0v) is 14.6. The van der Waals surface area contributed by atoms with Gasteiger partial charge in [-0.2, -0.15) is 0 Å². The van der Waals surface area contributed by atoms with Gasteiger partial charge in [-0.05, 0) is 24.6 Å². The fraction of sp³-hybridized carbons (Fsp3) is 0.444. The van der Waals surface area contributed by atoms with E-state index in [9.17, 15) is 0 Å². The molecule has 1 aromatic carbocycles. The molecule has 1 aromatic rings. The summed E-state index contributed by atoms with van der Waals surface area (Å²) in [6.07, 6.45) is 2.47. The third-order valence-electron chi connectivity index (χ3n) is 4.76. The van der Waals surface area contributed by atoms with Crippen molar-refractivity contribution in [2.45, 2.75) is 13.1 Å². The van der Waals surface area contributed by atoms with Crippen LogP contribution in [0.2, 0.25) is 5.02 Å². The van der Waals surface area contributed by atoms with E-state index in [0.717, 1.165) is 44.4 Å². The zero-order valence-electron chi connectivity index (χ0n) is 13.9. The number of rotatable bonds is 3. The quantitative estimate of drug-likeness (QED) is 0.876. The van der Waals surface area contributed by atoms with Crippen molar-refractivity contribution in [3.8, 4) is 0 Å². The van der Waals surface area contributed by atoms with Crippen LogP contribution in [0, 0.1) is 0 Å². The van der Waals surface area contributed by atoms with Gasteiger partial charge in [-0.3, -0.25) is 4.90 Å². The highest BCUT2D eigenvalue weighted by molar-refractivity contribution is 6.30. The average molecular weight is 347 g/mol. The fourth-order valence-electron chi connectivity index (χ4n) is 3.46. The summed E-state index contributed by atoms with van der Waals surface area (Å²) in [7, 11) is 0. The Morgan fingerprint density at radius 1 is 1.21 bits per heavy atom. The van der Waals surface area contributed by atoms with Crippen LogP contribution >= 0.6 is 11.6 Å². The standard InChI is InChI=1S/C18H23ClN4O/c1-13-11-23-16(12-22-6-8-24-9-7-22)18(21-17(23)10-20-13)14-2-4-15(19)5-3-14/h2-5,11,17,20-21H,6-10,12H2,1H3. The number of hydrogen-bond acceptors (Lipinski definition) is 5. The van der Waals surface area contributed by atoms with Gasteiger partial charge in [0.05, 0.1) is 31.2 Å². The summed E-state index contributed by atoms with van der Waals surface area (Å²) in [4.78, 5) is 4.84. The van der Waals surface area contributed by atoms with Crippen LogP contribution in [0.3, 0.4) is 0 Å². The second-order valence-corrected chi connectivity index (χ2v) is 6.91. The lowest BCUT2D eigenvalue weighted by Crippen LogP contribution is -2.47. The molecule has 0 spiro atoms. The summed E-state index contributed by atoms with van der Waals surface area (Å²) in [5.41, 5.74) is 4.91. The third-order valence-corrected chi connectivity index (χ3v) is 5.02. The second kappa shape index (κ2) is 6.67. The molecule has 1 saturated heterocycles. The molecule has 5 nitrogen and oxygen atoms in total. The highest BCUT2D eigenvalue weighted by atomic mass is 35.5. The highest BCUT2D eigenvalue weighted by Crippen LogP contribution is 2.31. The lowest BCUT2D eigenvalue weighted by Gasteiger charge is -2.34. The first-order valence-corrected chi connectivity index (χ1v) is 8.85. The smallest absolute Gasteiger partial charge is 0.121 e. The molecule has 0 aromatic heterocycles. The molecule has 1 unspecified atom stereocenters. The predicted octanol–water partition coefficient (Wildman–Crippen LogP) is 2.04. The number of hydrogen-bond donors (Lipinski definition) is 2. The minimum Gasteiger partial charge on any atom is -0.383 e. The van der Waals surface area contributed by atoms with Gasteiger partial charge in [0.15, 0.2) is 0 Å². The Kier molecular flexibility index (Phi) is 4.39. The maximum atomic E-state index is 6.06. The largest absolute Gasteiger partial charge is 0.383 e. The van der Waals surface area contributed by atoms with Crippen LogP contribution in [-0.2, 0) is 4.74 Å². The number of allylic oxidation sites excluding steroid dienone is 1. The van der Waals surface area contributed by atoms with Crippen molar-refractivity contribution < 1.29 is 4.74 Å². The van der Waals surface area contributed by atoms with E-state index in [1.807, 2.05) is 12.1 Å². The van der Waals surface area contributed by atoms with Crippen LogP contribution in [0.15, 0.2) is 41.9 Å². The molecule has 0 amide bonds. The van der Waals surface area contributed by atoms with Crippen LogP contribution in [0.1, 0.15) is 12.5 Å². The lowest BCUT2D eigenvalue weighted by molar-refractivity contribution is 0.0397. The van der Waals surface area contributed by atoms with E-state index in [4.69, 9.17) is 16.3 Å². The van der Waals surface area contributed by atoms with Crippen molar-refractivity contribution in [1.82, 2.24) is 20.4 Å². The number of halogens is 1. The number of ether oxygens (including phenoxy) is 1. The molecular formula is C18H23ClN4O. The van der Waals surface area contributed by atoms with Gasteiger partial charge in [0.2, 0.25) is 0 Å². The highest BCUT2D eigenvalue weighted by Gasteiger charge is 2.33. The summed E-state index contributed by atoms with van der Waals surface area (Å²) in [5.74, 6) is 0. The van der Waals surface area contributed by atoms with E-state index >= 15 is 0 Å². The third kappa shape index (κ3) is 3.11. The van der Waals surface area contributed by atoms with Crippen molar-refractivity contribution in [3.63, 3.8) is 0 Å². The SMILES string of the molecule is CC1=CN2C(CN3CCOCC3)=C(c3ccc(Cl)cc3)NC2CN1. The Balaban J connectivity index is 1.68. The summed E-state index contributed by atoms with van der Waals surface area (Å²) < 4.78 is 5.49. The number of morpholine rings is 1. The van der Waals surface area contributed by atoms with Gasteiger partial charge in [-0.15, -0.1) is 0 Å². The molecule has 1 atom stereocenters. The molecule has 24 heavy (non-hydrogen) atoms. The normalized spacial score (nSPS) is 24.3. The Bertz CT molecular complexity index is 664. The Morgan fingerprint density at radius 3 is 2.71 bits per heavy atom. The van der Waals surface area contributed by atoms with E-state index < -0.39 is 0 Å². The molecule has 0 saturated carbocycles. The van der Waals surface area contributed by atoms with Crippen LogP contribution in [0.5, 0.6) is 0 Å². The zero-order chi connectivity index (χ0) is 16.5.